The van der Waals surface area contributed by atoms with Crippen LogP contribution in [0.3, 0.4) is 0 Å². The number of carbonyl (C=O) groups is 2. The van der Waals surface area contributed by atoms with Crippen molar-refractivity contribution in [2.24, 2.45) is 17.3 Å². The molecule has 126 valence electrons. The molecule has 22 heavy (non-hydrogen) atoms. The average molecular weight is 311 g/mol. The third-order valence-corrected chi connectivity index (χ3v) is 5.18. The van der Waals surface area contributed by atoms with Crippen LogP contribution in [0, 0.1) is 17.3 Å². The minimum Gasteiger partial charge on any atom is -0.480 e. The normalized spacial score (nSPS) is 27.1. The van der Waals surface area contributed by atoms with Crippen molar-refractivity contribution in [1.29, 1.82) is 0 Å². The van der Waals surface area contributed by atoms with Crippen LogP contribution >= 0.6 is 0 Å². The van der Waals surface area contributed by atoms with Crippen molar-refractivity contribution in [1.82, 2.24) is 5.32 Å². The van der Waals surface area contributed by atoms with Gasteiger partial charge in [-0.3, -0.25) is 4.79 Å². The Balaban J connectivity index is 1.82. The van der Waals surface area contributed by atoms with Gasteiger partial charge in [-0.25, -0.2) is 4.79 Å². The van der Waals surface area contributed by atoms with E-state index in [1.165, 1.54) is 0 Å². The van der Waals surface area contributed by atoms with Gasteiger partial charge in [-0.1, -0.05) is 13.8 Å². The highest BCUT2D eigenvalue weighted by molar-refractivity contribution is 5.83. The zero-order valence-corrected chi connectivity index (χ0v) is 13.8. The van der Waals surface area contributed by atoms with Crippen LogP contribution in [-0.4, -0.2) is 36.2 Å². The van der Waals surface area contributed by atoms with Crippen LogP contribution in [0.1, 0.15) is 58.8 Å². The smallest absolute Gasteiger partial charge is 0.326 e. The molecule has 0 spiro atoms. The average Bonchev–Trinajstić information content (AvgIpc) is 2.48. The molecular weight excluding hydrogens is 282 g/mol. The summed E-state index contributed by atoms with van der Waals surface area (Å²) in [5, 5.41) is 12.1. The summed E-state index contributed by atoms with van der Waals surface area (Å²) < 4.78 is 5.35. The Labute approximate surface area is 132 Å². The van der Waals surface area contributed by atoms with E-state index in [0.29, 0.717) is 31.0 Å². The number of carboxylic acid groups (broad SMARTS) is 1. The van der Waals surface area contributed by atoms with Crippen molar-refractivity contribution in [3.63, 3.8) is 0 Å². The number of hydrogen-bond donors (Lipinski definition) is 2. The first-order chi connectivity index (χ1) is 10.4. The Morgan fingerprint density at radius 1 is 1.27 bits per heavy atom. The van der Waals surface area contributed by atoms with Crippen molar-refractivity contribution in [2.75, 3.05) is 13.2 Å². The van der Waals surface area contributed by atoms with E-state index in [2.05, 4.69) is 19.2 Å². The molecule has 1 saturated carbocycles. The Morgan fingerprint density at radius 3 is 2.50 bits per heavy atom. The van der Waals surface area contributed by atoms with E-state index < -0.39 is 12.0 Å². The van der Waals surface area contributed by atoms with Gasteiger partial charge in [-0.05, 0) is 49.9 Å². The SMILES string of the molecule is CC1(C)CCC(CC(=O)NC(C(=O)O)C2CCCOC2)CC1. The van der Waals surface area contributed by atoms with Crippen molar-refractivity contribution in [3.8, 4) is 0 Å². The Bertz CT molecular complexity index is 391. The van der Waals surface area contributed by atoms with Crippen molar-refractivity contribution in [3.05, 3.63) is 0 Å². The highest BCUT2D eigenvalue weighted by atomic mass is 16.5. The van der Waals surface area contributed by atoms with Crippen LogP contribution in [0.15, 0.2) is 0 Å². The number of rotatable bonds is 5. The first kappa shape index (κ1) is 17.3. The van der Waals surface area contributed by atoms with E-state index in [4.69, 9.17) is 4.74 Å². The topological polar surface area (TPSA) is 75.6 Å². The molecule has 1 saturated heterocycles. The van der Waals surface area contributed by atoms with Gasteiger partial charge in [0.1, 0.15) is 6.04 Å². The molecule has 2 fully saturated rings. The molecule has 5 heteroatoms. The molecule has 0 aromatic heterocycles. The molecule has 0 bridgehead atoms. The van der Waals surface area contributed by atoms with E-state index in [1.54, 1.807) is 0 Å². The van der Waals surface area contributed by atoms with Gasteiger partial charge >= 0.3 is 5.97 Å². The van der Waals surface area contributed by atoms with Crippen LogP contribution in [-0.2, 0) is 14.3 Å². The molecule has 1 aliphatic carbocycles. The van der Waals surface area contributed by atoms with Crippen LogP contribution < -0.4 is 5.32 Å². The fourth-order valence-electron chi connectivity index (χ4n) is 3.57. The molecule has 5 nitrogen and oxygen atoms in total. The van der Waals surface area contributed by atoms with Gasteiger partial charge in [0.2, 0.25) is 5.91 Å². The molecule has 2 rings (SSSR count). The van der Waals surface area contributed by atoms with E-state index >= 15 is 0 Å². The zero-order chi connectivity index (χ0) is 16.2. The molecule has 2 N–H and O–H groups in total. The van der Waals surface area contributed by atoms with Crippen molar-refractivity contribution >= 4 is 11.9 Å². The first-order valence-electron chi connectivity index (χ1n) is 8.47. The van der Waals surface area contributed by atoms with Gasteiger partial charge in [-0.2, -0.15) is 0 Å². The summed E-state index contributed by atoms with van der Waals surface area (Å²) in [6, 6.07) is -0.812. The maximum Gasteiger partial charge on any atom is 0.326 e. The number of hydrogen-bond acceptors (Lipinski definition) is 3. The lowest BCUT2D eigenvalue weighted by Gasteiger charge is -2.34. The minimum absolute atomic E-state index is 0.111. The van der Waals surface area contributed by atoms with E-state index in [1.807, 2.05) is 0 Å². The second kappa shape index (κ2) is 7.44. The van der Waals surface area contributed by atoms with Crippen LogP contribution in [0.5, 0.6) is 0 Å². The largest absolute Gasteiger partial charge is 0.480 e. The second-order valence-corrected chi connectivity index (χ2v) is 7.67. The number of nitrogens with one attached hydrogen (secondary N) is 1. The number of carboxylic acids is 1. The summed E-state index contributed by atoms with van der Waals surface area (Å²) in [5.41, 5.74) is 0.385. The predicted molar refractivity (Wildman–Crippen MR) is 83.5 cm³/mol. The summed E-state index contributed by atoms with van der Waals surface area (Å²) in [6.45, 7) is 5.66. The van der Waals surface area contributed by atoms with Crippen LogP contribution in [0.4, 0.5) is 0 Å². The van der Waals surface area contributed by atoms with Gasteiger partial charge < -0.3 is 15.2 Å². The van der Waals surface area contributed by atoms with Crippen LogP contribution in [0.25, 0.3) is 0 Å². The molecule has 0 aromatic carbocycles. The number of aliphatic carboxylic acids is 1. The maximum absolute atomic E-state index is 12.2. The van der Waals surface area contributed by atoms with Gasteiger partial charge in [0, 0.05) is 18.9 Å². The molecular formula is C17H29NO4. The summed E-state index contributed by atoms with van der Waals surface area (Å²) in [6.07, 6.45) is 6.52. The minimum atomic E-state index is -0.950. The number of amides is 1. The lowest BCUT2D eigenvalue weighted by molar-refractivity contribution is -0.145. The van der Waals surface area contributed by atoms with Gasteiger partial charge in [-0.15, -0.1) is 0 Å². The van der Waals surface area contributed by atoms with E-state index in [0.717, 1.165) is 38.5 Å². The van der Waals surface area contributed by atoms with Gasteiger partial charge in [0.15, 0.2) is 0 Å². The fourth-order valence-corrected chi connectivity index (χ4v) is 3.57. The molecule has 2 atom stereocenters. The van der Waals surface area contributed by atoms with Crippen LogP contribution in [0.2, 0.25) is 0 Å². The zero-order valence-electron chi connectivity index (χ0n) is 13.8. The Kier molecular flexibility index (Phi) is 5.84. The standard InChI is InChI=1S/C17H29NO4/c1-17(2)7-5-12(6-8-17)10-14(19)18-15(16(20)21)13-4-3-9-22-11-13/h12-13,15H,3-11H2,1-2H3,(H,18,19)(H,20,21). The second-order valence-electron chi connectivity index (χ2n) is 7.67. The molecule has 0 aromatic rings. The number of carbonyl (C=O) groups excluding carboxylic acids is 1. The summed E-state index contributed by atoms with van der Waals surface area (Å²) >= 11 is 0. The third kappa shape index (κ3) is 4.97. The molecule has 1 aliphatic heterocycles. The fraction of sp³-hybridized carbons (Fsp3) is 0.882. The highest BCUT2D eigenvalue weighted by Crippen LogP contribution is 2.39. The lowest BCUT2D eigenvalue weighted by atomic mass is 9.72. The van der Waals surface area contributed by atoms with Gasteiger partial charge in [0.05, 0.1) is 6.61 Å². The lowest BCUT2D eigenvalue weighted by Crippen LogP contribution is -2.48. The van der Waals surface area contributed by atoms with E-state index in [-0.39, 0.29) is 11.8 Å². The van der Waals surface area contributed by atoms with Crippen molar-refractivity contribution < 1.29 is 19.4 Å². The Hall–Kier alpha value is -1.10. The Morgan fingerprint density at radius 2 is 1.95 bits per heavy atom. The first-order valence-corrected chi connectivity index (χ1v) is 8.47. The highest BCUT2D eigenvalue weighted by Gasteiger charge is 2.33. The van der Waals surface area contributed by atoms with Crippen molar-refractivity contribution in [2.45, 2.75) is 64.8 Å². The third-order valence-electron chi connectivity index (χ3n) is 5.18. The molecule has 1 heterocycles. The van der Waals surface area contributed by atoms with Gasteiger partial charge in [0.25, 0.3) is 0 Å². The monoisotopic (exact) mass is 311 g/mol. The summed E-state index contributed by atoms with van der Waals surface area (Å²) in [7, 11) is 0. The number of ether oxygens (including phenoxy) is 1. The maximum atomic E-state index is 12.2. The molecule has 2 aliphatic rings. The predicted octanol–water partition coefficient (Wildman–Crippen LogP) is 2.59. The van der Waals surface area contributed by atoms with E-state index in [9.17, 15) is 14.7 Å². The summed E-state index contributed by atoms with van der Waals surface area (Å²) in [4.78, 5) is 23.7. The molecule has 0 radical (unpaired) electrons. The molecule has 2 unspecified atom stereocenters. The quantitative estimate of drug-likeness (QED) is 0.818. The molecule has 1 amide bonds. The summed E-state index contributed by atoms with van der Waals surface area (Å²) in [5.74, 6) is -0.790.